The zero-order valence-electron chi connectivity index (χ0n) is 19.5. The van der Waals surface area contributed by atoms with E-state index in [9.17, 15) is 19.5 Å². The van der Waals surface area contributed by atoms with Crippen LogP contribution in [0, 0.1) is 16.2 Å². The van der Waals surface area contributed by atoms with E-state index in [0.717, 1.165) is 11.1 Å². The van der Waals surface area contributed by atoms with Crippen molar-refractivity contribution >= 4 is 17.9 Å². The summed E-state index contributed by atoms with van der Waals surface area (Å²) in [5.74, 6) is -1.85. The minimum absolute atomic E-state index is 0.346. The smallest absolute Gasteiger partial charge is 0.344 e. The number of cyclic esters (lactones) is 2. The van der Waals surface area contributed by atoms with Gasteiger partial charge < -0.3 is 19.3 Å². The number of carbonyl (C=O) groups is 3. The van der Waals surface area contributed by atoms with Gasteiger partial charge in [0, 0.05) is 23.3 Å². The second-order valence-corrected chi connectivity index (χ2v) is 11.0. The van der Waals surface area contributed by atoms with Gasteiger partial charge in [-0.3, -0.25) is 4.79 Å². The van der Waals surface area contributed by atoms with Crippen LogP contribution in [0.1, 0.15) is 60.8 Å². The number of carbonyl (C=O) groups excluding carboxylic acids is 3. The Morgan fingerprint density at radius 1 is 1.06 bits per heavy atom. The van der Waals surface area contributed by atoms with Crippen molar-refractivity contribution in [2.75, 3.05) is 0 Å². The molecule has 2 spiro atoms. The van der Waals surface area contributed by atoms with E-state index in [4.69, 9.17) is 14.2 Å². The third-order valence-corrected chi connectivity index (χ3v) is 9.55. The molecule has 1 saturated carbocycles. The molecule has 32 heavy (non-hydrogen) atoms. The van der Waals surface area contributed by atoms with Gasteiger partial charge in [-0.15, -0.1) is 0 Å². The molecule has 2 bridgehead atoms. The summed E-state index contributed by atoms with van der Waals surface area (Å²) in [6.45, 7) is 15.2. The Morgan fingerprint density at radius 3 is 2.34 bits per heavy atom. The average molecular weight is 443 g/mol. The van der Waals surface area contributed by atoms with E-state index >= 15 is 0 Å². The monoisotopic (exact) mass is 442 g/mol. The number of ether oxygens (including phenoxy) is 3. The molecule has 6 atom stereocenters. The Morgan fingerprint density at radius 2 is 1.72 bits per heavy atom. The standard InChI is InChI=1S/C25H30O7/c1-13-16-12-22(7)14(2)24(18(27)30-15(3)25(24,29)19(28)32-22)21(16,6)10-11-23(13)9-8-17(26)31-20(23,4)5/h8-9,15,29H,2,10-12H2,1,3-7H3. The van der Waals surface area contributed by atoms with Crippen molar-refractivity contribution < 1.29 is 33.7 Å². The molecule has 0 aromatic rings. The number of rotatable bonds is 0. The van der Waals surface area contributed by atoms with Gasteiger partial charge in [-0.25, -0.2) is 9.59 Å². The SMILES string of the molecule is C=C1C2(C)CC3=C(C)C4(C=CC(=O)OC4(C)C)CCC3(C)C13C(=O)OC(C)C3(O)C(=O)O2. The summed E-state index contributed by atoms with van der Waals surface area (Å²) in [4.78, 5) is 38.8. The quantitative estimate of drug-likeness (QED) is 0.350. The molecule has 7 heteroatoms. The third-order valence-electron chi connectivity index (χ3n) is 9.55. The fourth-order valence-corrected chi connectivity index (χ4v) is 7.63. The largest absolute Gasteiger partial charge is 0.458 e. The van der Waals surface area contributed by atoms with Gasteiger partial charge in [0.15, 0.2) is 0 Å². The summed E-state index contributed by atoms with van der Waals surface area (Å²) >= 11 is 0. The zero-order valence-corrected chi connectivity index (χ0v) is 19.5. The van der Waals surface area contributed by atoms with E-state index in [2.05, 4.69) is 6.58 Å². The fraction of sp³-hybridized carbons (Fsp3) is 0.640. The lowest BCUT2D eigenvalue weighted by molar-refractivity contribution is -0.227. The lowest BCUT2D eigenvalue weighted by Gasteiger charge is -2.66. The Bertz CT molecular complexity index is 1080. The molecule has 0 radical (unpaired) electrons. The number of esters is 3. The molecule has 5 rings (SSSR count). The van der Waals surface area contributed by atoms with Crippen LogP contribution in [0.3, 0.4) is 0 Å². The second-order valence-electron chi connectivity index (χ2n) is 11.0. The number of hydrogen-bond donors (Lipinski definition) is 1. The lowest BCUT2D eigenvalue weighted by Crippen LogP contribution is -2.75. The molecule has 2 saturated heterocycles. The van der Waals surface area contributed by atoms with Crippen LogP contribution in [0.4, 0.5) is 0 Å². The Kier molecular flexibility index (Phi) is 3.72. The van der Waals surface area contributed by atoms with Crippen LogP contribution in [0.5, 0.6) is 0 Å². The van der Waals surface area contributed by atoms with Crippen LogP contribution >= 0.6 is 0 Å². The molecule has 0 aromatic carbocycles. The van der Waals surface area contributed by atoms with Crippen molar-refractivity contribution in [2.24, 2.45) is 16.2 Å². The predicted molar refractivity (Wildman–Crippen MR) is 113 cm³/mol. The summed E-state index contributed by atoms with van der Waals surface area (Å²) in [7, 11) is 0. The Balaban J connectivity index is 1.85. The maximum absolute atomic E-state index is 13.6. The van der Waals surface area contributed by atoms with E-state index in [-0.39, 0.29) is 5.97 Å². The lowest BCUT2D eigenvalue weighted by atomic mass is 9.38. The maximum Gasteiger partial charge on any atom is 0.344 e. The molecule has 172 valence electrons. The first-order valence-corrected chi connectivity index (χ1v) is 11.1. The third kappa shape index (κ3) is 1.85. The van der Waals surface area contributed by atoms with Crippen LogP contribution in [-0.2, 0) is 28.6 Å². The highest BCUT2D eigenvalue weighted by Crippen LogP contribution is 2.74. The first-order valence-electron chi connectivity index (χ1n) is 11.1. The summed E-state index contributed by atoms with van der Waals surface area (Å²) in [5, 5.41) is 11.8. The number of fused-ring (bicyclic) bond motifs is 2. The molecular formula is C25H30O7. The van der Waals surface area contributed by atoms with Gasteiger partial charge >= 0.3 is 17.9 Å². The normalized spacial score (nSPS) is 48.8. The van der Waals surface area contributed by atoms with Gasteiger partial charge in [0.1, 0.15) is 22.7 Å². The van der Waals surface area contributed by atoms with Crippen LogP contribution in [0.2, 0.25) is 0 Å². The highest BCUT2D eigenvalue weighted by atomic mass is 16.6. The van der Waals surface area contributed by atoms with Crippen molar-refractivity contribution in [3.63, 3.8) is 0 Å². The highest BCUT2D eigenvalue weighted by Gasteiger charge is 2.85. The van der Waals surface area contributed by atoms with Gasteiger partial charge in [-0.2, -0.15) is 0 Å². The van der Waals surface area contributed by atoms with Crippen molar-refractivity contribution in [1.82, 2.24) is 0 Å². The minimum atomic E-state index is -2.17. The van der Waals surface area contributed by atoms with Crippen LogP contribution in [-0.4, -0.2) is 45.9 Å². The van der Waals surface area contributed by atoms with Gasteiger partial charge in [0.25, 0.3) is 0 Å². The molecule has 6 unspecified atom stereocenters. The second kappa shape index (κ2) is 5.56. The summed E-state index contributed by atoms with van der Waals surface area (Å²) in [6, 6.07) is 0. The van der Waals surface area contributed by atoms with Crippen LogP contribution in [0.25, 0.3) is 0 Å². The molecule has 0 amide bonds. The molecule has 3 aliphatic heterocycles. The molecule has 3 fully saturated rings. The van der Waals surface area contributed by atoms with Crippen LogP contribution in [0.15, 0.2) is 35.5 Å². The number of hydrogen-bond acceptors (Lipinski definition) is 7. The molecular weight excluding hydrogens is 412 g/mol. The predicted octanol–water partition coefficient (Wildman–Crippen LogP) is 2.92. The molecule has 5 aliphatic rings. The van der Waals surface area contributed by atoms with Crippen molar-refractivity contribution in [3.8, 4) is 0 Å². The van der Waals surface area contributed by atoms with Gasteiger partial charge in [-0.1, -0.05) is 30.7 Å². The number of aliphatic hydroxyl groups is 1. The van der Waals surface area contributed by atoms with Gasteiger partial charge in [0.2, 0.25) is 5.60 Å². The summed E-state index contributed by atoms with van der Waals surface area (Å²) in [6.07, 6.45) is 3.68. The van der Waals surface area contributed by atoms with E-state index in [1.807, 2.05) is 33.8 Å². The topological polar surface area (TPSA) is 99.1 Å². The molecule has 1 N–H and O–H groups in total. The first-order chi connectivity index (χ1) is 14.6. The van der Waals surface area contributed by atoms with E-state index in [1.165, 1.54) is 13.0 Å². The van der Waals surface area contributed by atoms with E-state index in [1.54, 1.807) is 6.92 Å². The van der Waals surface area contributed by atoms with E-state index < -0.39 is 51.1 Å². The van der Waals surface area contributed by atoms with Crippen LogP contribution < -0.4 is 0 Å². The molecule has 7 nitrogen and oxygen atoms in total. The fourth-order valence-electron chi connectivity index (χ4n) is 7.63. The highest BCUT2D eigenvalue weighted by molar-refractivity contribution is 6.01. The van der Waals surface area contributed by atoms with Gasteiger partial charge in [-0.05, 0) is 53.0 Å². The Hall–Kier alpha value is -2.41. The first kappa shape index (κ1) is 21.4. The molecule has 0 aromatic heterocycles. The summed E-state index contributed by atoms with van der Waals surface area (Å²) < 4.78 is 17.1. The average Bonchev–Trinajstić information content (AvgIpc) is 2.89. The molecule has 2 aliphatic carbocycles. The van der Waals surface area contributed by atoms with E-state index in [0.29, 0.717) is 24.8 Å². The minimum Gasteiger partial charge on any atom is -0.458 e. The molecule has 3 heterocycles. The Labute approximate surface area is 187 Å². The summed E-state index contributed by atoms with van der Waals surface area (Å²) in [5.41, 5.74) is -5.02. The van der Waals surface area contributed by atoms with Gasteiger partial charge in [0.05, 0.1) is 0 Å². The van der Waals surface area contributed by atoms with Crippen molar-refractivity contribution in [1.29, 1.82) is 0 Å². The van der Waals surface area contributed by atoms with Crippen molar-refractivity contribution in [3.05, 3.63) is 35.5 Å². The van der Waals surface area contributed by atoms with Crippen molar-refractivity contribution in [2.45, 2.75) is 83.7 Å². The maximum atomic E-state index is 13.6. The zero-order chi connectivity index (χ0) is 23.7.